The van der Waals surface area contributed by atoms with Crippen LogP contribution in [-0.2, 0) is 0 Å². The van der Waals surface area contributed by atoms with Gasteiger partial charge >= 0.3 is 0 Å². The van der Waals surface area contributed by atoms with Gasteiger partial charge in [-0.3, -0.25) is 14.4 Å². The molecule has 0 atom stereocenters. The first-order valence-corrected chi connectivity index (χ1v) is 8.36. The lowest BCUT2D eigenvalue weighted by Crippen LogP contribution is -2.50. The third-order valence-electron chi connectivity index (χ3n) is 4.60. The molecule has 2 amide bonds. The molecule has 0 spiro atoms. The molecular weight excluding hydrogens is 334 g/mol. The maximum Gasteiger partial charge on any atom is 0.257 e. The number of fused-ring (bicyclic) bond motifs is 1. The van der Waals surface area contributed by atoms with E-state index in [9.17, 15) is 14.4 Å². The Morgan fingerprint density at radius 1 is 0.962 bits per heavy atom. The molecule has 1 fully saturated rings. The van der Waals surface area contributed by atoms with Crippen LogP contribution in [0, 0.1) is 0 Å². The minimum Gasteiger partial charge on any atom is -0.472 e. The zero-order chi connectivity index (χ0) is 18.1. The summed E-state index contributed by atoms with van der Waals surface area (Å²) < 4.78 is 4.95. The van der Waals surface area contributed by atoms with E-state index >= 15 is 0 Å². The van der Waals surface area contributed by atoms with Crippen molar-refractivity contribution in [3.8, 4) is 0 Å². The monoisotopic (exact) mass is 351 g/mol. The van der Waals surface area contributed by atoms with Crippen LogP contribution >= 0.6 is 0 Å². The zero-order valence-electron chi connectivity index (χ0n) is 14.0. The Labute approximate surface area is 148 Å². The molecule has 0 aliphatic carbocycles. The van der Waals surface area contributed by atoms with Crippen LogP contribution < -0.4 is 5.56 Å². The van der Waals surface area contributed by atoms with Gasteiger partial charge in [0.1, 0.15) is 6.26 Å². The number of hydrogen-bond acceptors (Lipinski definition) is 4. The van der Waals surface area contributed by atoms with E-state index in [1.54, 1.807) is 21.9 Å². The van der Waals surface area contributed by atoms with Gasteiger partial charge in [-0.2, -0.15) is 0 Å². The molecule has 1 aromatic carbocycles. The van der Waals surface area contributed by atoms with Crippen LogP contribution in [0.15, 0.2) is 58.1 Å². The SMILES string of the molecule is O=C(c1ccoc1)N1CCN(C(=O)c2cc(=O)[nH]c3ccccc23)CC1. The number of carbonyl (C=O) groups is 2. The predicted octanol–water partition coefficient (Wildman–Crippen LogP) is 1.72. The highest BCUT2D eigenvalue weighted by molar-refractivity contribution is 6.06. The van der Waals surface area contributed by atoms with Gasteiger partial charge < -0.3 is 19.2 Å². The summed E-state index contributed by atoms with van der Waals surface area (Å²) in [6, 6.07) is 10.2. The van der Waals surface area contributed by atoms with Crippen LogP contribution in [0.5, 0.6) is 0 Å². The van der Waals surface area contributed by atoms with Gasteiger partial charge in [0.2, 0.25) is 5.56 Å². The number of benzene rings is 1. The predicted molar refractivity (Wildman–Crippen MR) is 95.1 cm³/mol. The summed E-state index contributed by atoms with van der Waals surface area (Å²) in [6.45, 7) is 1.72. The average Bonchev–Trinajstić information content (AvgIpc) is 3.21. The Balaban J connectivity index is 1.53. The first-order valence-electron chi connectivity index (χ1n) is 8.36. The highest BCUT2D eigenvalue weighted by atomic mass is 16.3. The molecule has 0 radical (unpaired) electrons. The van der Waals surface area contributed by atoms with Crippen molar-refractivity contribution in [2.75, 3.05) is 26.2 Å². The van der Waals surface area contributed by atoms with Crippen molar-refractivity contribution in [1.82, 2.24) is 14.8 Å². The largest absolute Gasteiger partial charge is 0.472 e. The van der Waals surface area contributed by atoms with Gasteiger partial charge in [-0.25, -0.2) is 0 Å². The lowest BCUT2D eigenvalue weighted by molar-refractivity contribution is 0.0536. The van der Waals surface area contributed by atoms with Gasteiger partial charge in [0.25, 0.3) is 11.8 Å². The van der Waals surface area contributed by atoms with Crippen molar-refractivity contribution in [3.05, 3.63) is 70.4 Å². The van der Waals surface area contributed by atoms with Crippen molar-refractivity contribution in [2.45, 2.75) is 0 Å². The fourth-order valence-corrected chi connectivity index (χ4v) is 3.23. The molecule has 7 heteroatoms. The number of aromatic nitrogens is 1. The smallest absolute Gasteiger partial charge is 0.257 e. The molecule has 1 aliphatic rings. The second-order valence-electron chi connectivity index (χ2n) is 6.19. The minimum atomic E-state index is -0.305. The average molecular weight is 351 g/mol. The number of nitrogens with one attached hydrogen (secondary N) is 1. The summed E-state index contributed by atoms with van der Waals surface area (Å²) in [6.07, 6.45) is 2.88. The number of aromatic amines is 1. The van der Waals surface area contributed by atoms with Crippen LogP contribution in [0.2, 0.25) is 0 Å². The number of carbonyl (C=O) groups excluding carboxylic acids is 2. The van der Waals surface area contributed by atoms with Crippen molar-refractivity contribution in [3.63, 3.8) is 0 Å². The highest BCUT2D eigenvalue weighted by Crippen LogP contribution is 2.18. The molecule has 2 aromatic heterocycles. The van der Waals surface area contributed by atoms with Crippen molar-refractivity contribution >= 4 is 22.7 Å². The molecule has 0 unspecified atom stereocenters. The van der Waals surface area contributed by atoms with Crippen LogP contribution in [0.3, 0.4) is 0 Å². The normalized spacial score (nSPS) is 14.6. The molecule has 4 rings (SSSR count). The van der Waals surface area contributed by atoms with Crippen molar-refractivity contribution < 1.29 is 14.0 Å². The van der Waals surface area contributed by atoms with Gasteiger partial charge in [0, 0.05) is 43.1 Å². The molecular formula is C19H17N3O4. The van der Waals surface area contributed by atoms with E-state index in [0.29, 0.717) is 48.2 Å². The summed E-state index contributed by atoms with van der Waals surface area (Å²) in [7, 11) is 0. The Bertz CT molecular complexity index is 1010. The number of para-hydroxylation sites is 1. The number of hydrogen-bond donors (Lipinski definition) is 1. The fourth-order valence-electron chi connectivity index (χ4n) is 3.23. The van der Waals surface area contributed by atoms with Crippen molar-refractivity contribution in [2.24, 2.45) is 0 Å². The Morgan fingerprint density at radius 3 is 2.35 bits per heavy atom. The van der Waals surface area contributed by atoms with E-state index in [-0.39, 0.29) is 17.4 Å². The molecule has 1 aliphatic heterocycles. The maximum absolute atomic E-state index is 12.9. The van der Waals surface area contributed by atoms with E-state index in [1.807, 2.05) is 18.2 Å². The molecule has 3 aromatic rings. The highest BCUT2D eigenvalue weighted by Gasteiger charge is 2.26. The molecule has 7 nitrogen and oxygen atoms in total. The summed E-state index contributed by atoms with van der Waals surface area (Å²) in [4.78, 5) is 43.3. The van der Waals surface area contributed by atoms with Gasteiger partial charge in [0.15, 0.2) is 0 Å². The summed E-state index contributed by atoms with van der Waals surface area (Å²) in [5, 5.41) is 0.717. The molecule has 132 valence electrons. The first-order chi connectivity index (χ1) is 12.6. The Hall–Kier alpha value is -3.35. The first kappa shape index (κ1) is 16.1. The second-order valence-corrected chi connectivity index (χ2v) is 6.19. The maximum atomic E-state index is 12.9. The quantitative estimate of drug-likeness (QED) is 0.762. The van der Waals surface area contributed by atoms with Crippen molar-refractivity contribution in [1.29, 1.82) is 0 Å². The number of pyridine rings is 1. The molecule has 0 saturated carbocycles. The lowest BCUT2D eigenvalue weighted by Gasteiger charge is -2.34. The minimum absolute atomic E-state index is 0.104. The molecule has 1 saturated heterocycles. The molecule has 26 heavy (non-hydrogen) atoms. The van der Waals surface area contributed by atoms with Gasteiger partial charge in [-0.1, -0.05) is 18.2 Å². The van der Waals surface area contributed by atoms with Crippen LogP contribution in [0.25, 0.3) is 10.9 Å². The van der Waals surface area contributed by atoms with E-state index in [1.165, 1.54) is 18.6 Å². The van der Waals surface area contributed by atoms with Crippen LogP contribution in [-0.4, -0.2) is 52.8 Å². The molecule has 3 heterocycles. The van der Waals surface area contributed by atoms with Gasteiger partial charge in [-0.05, 0) is 12.1 Å². The Morgan fingerprint density at radius 2 is 1.65 bits per heavy atom. The lowest BCUT2D eigenvalue weighted by atomic mass is 10.1. The fraction of sp³-hybridized carbons (Fsp3) is 0.211. The molecule has 0 bridgehead atoms. The second kappa shape index (κ2) is 6.51. The standard InChI is InChI=1S/C19H17N3O4/c23-17-11-15(14-3-1-2-4-16(14)20-17)19(25)22-8-6-21(7-9-22)18(24)13-5-10-26-12-13/h1-5,10-12H,6-9H2,(H,20,23). The number of rotatable bonds is 2. The number of piperazine rings is 1. The third kappa shape index (κ3) is 2.88. The third-order valence-corrected chi connectivity index (χ3v) is 4.60. The topological polar surface area (TPSA) is 86.6 Å². The van der Waals surface area contributed by atoms with E-state index in [2.05, 4.69) is 4.98 Å². The van der Waals surface area contributed by atoms with E-state index in [4.69, 9.17) is 4.42 Å². The van der Waals surface area contributed by atoms with Crippen LogP contribution in [0.4, 0.5) is 0 Å². The Kier molecular flexibility index (Phi) is 4.04. The van der Waals surface area contributed by atoms with Crippen LogP contribution in [0.1, 0.15) is 20.7 Å². The van der Waals surface area contributed by atoms with Gasteiger partial charge in [-0.15, -0.1) is 0 Å². The number of H-pyrrole nitrogens is 1. The summed E-state index contributed by atoms with van der Waals surface area (Å²) in [5.74, 6) is -0.296. The number of amides is 2. The van der Waals surface area contributed by atoms with Gasteiger partial charge in [0.05, 0.1) is 17.4 Å². The summed E-state index contributed by atoms with van der Waals surface area (Å²) >= 11 is 0. The van der Waals surface area contributed by atoms with E-state index in [0.717, 1.165) is 0 Å². The van der Waals surface area contributed by atoms with E-state index < -0.39 is 0 Å². The molecule has 1 N–H and O–H groups in total. The zero-order valence-corrected chi connectivity index (χ0v) is 14.0. The number of furan rings is 1. The summed E-state index contributed by atoms with van der Waals surface area (Å²) in [5.41, 5.74) is 1.22. The number of nitrogens with zero attached hydrogens (tertiary/aromatic N) is 2.